The molecule has 1 aromatic rings. The van der Waals surface area contributed by atoms with Crippen LogP contribution in [0, 0.1) is 0 Å². The molecule has 1 fully saturated rings. The average molecular weight is 227 g/mol. The van der Waals surface area contributed by atoms with E-state index < -0.39 is 17.5 Å². The van der Waals surface area contributed by atoms with Crippen LogP contribution in [0.15, 0.2) is 24.3 Å². The monoisotopic (exact) mass is 226 g/mol. The molecule has 0 bridgehead atoms. The zero-order chi connectivity index (χ0) is 11.1. The number of aliphatic hydroxyl groups is 1. The highest BCUT2D eigenvalue weighted by atomic mass is 35.5. The molecule has 1 saturated carbocycles. The molecule has 0 radical (unpaired) electrons. The van der Waals surface area contributed by atoms with Gasteiger partial charge in [0.1, 0.15) is 0 Å². The fraction of sp³-hybridized carbons (Fsp3) is 0.364. The van der Waals surface area contributed by atoms with E-state index >= 15 is 0 Å². The third kappa shape index (κ3) is 1.62. The molecule has 0 amide bonds. The SMILES string of the molecule is O=C(O)C1(c2ccc(Cl)cc2)CC(O)C1. The van der Waals surface area contributed by atoms with Crippen molar-refractivity contribution in [3.05, 3.63) is 34.9 Å². The minimum absolute atomic E-state index is 0.282. The Morgan fingerprint density at radius 2 is 1.87 bits per heavy atom. The number of halogens is 1. The Bertz CT molecular complexity index is 379. The summed E-state index contributed by atoms with van der Waals surface area (Å²) in [6.45, 7) is 0. The maximum Gasteiger partial charge on any atom is 0.314 e. The molecule has 2 N–H and O–H groups in total. The van der Waals surface area contributed by atoms with Crippen molar-refractivity contribution in [3.8, 4) is 0 Å². The second-order valence-electron chi connectivity index (χ2n) is 3.96. The predicted molar refractivity (Wildman–Crippen MR) is 56.0 cm³/mol. The van der Waals surface area contributed by atoms with E-state index in [1.807, 2.05) is 0 Å². The van der Waals surface area contributed by atoms with E-state index in [2.05, 4.69) is 0 Å². The summed E-state index contributed by atoms with van der Waals surface area (Å²) in [5.74, 6) is -0.880. The standard InChI is InChI=1S/C11H11ClO3/c12-8-3-1-7(2-4-8)11(10(14)15)5-9(13)6-11/h1-4,9,13H,5-6H2,(H,14,15). The van der Waals surface area contributed by atoms with Crippen molar-refractivity contribution in [2.45, 2.75) is 24.4 Å². The lowest BCUT2D eigenvalue weighted by Crippen LogP contribution is -2.50. The molecule has 0 atom stereocenters. The molecule has 4 heteroatoms. The van der Waals surface area contributed by atoms with E-state index in [0.717, 1.165) is 0 Å². The number of hydrogen-bond acceptors (Lipinski definition) is 2. The summed E-state index contributed by atoms with van der Waals surface area (Å²) < 4.78 is 0. The van der Waals surface area contributed by atoms with Crippen molar-refractivity contribution < 1.29 is 15.0 Å². The molecule has 80 valence electrons. The summed E-state index contributed by atoms with van der Waals surface area (Å²) in [5.41, 5.74) is -0.200. The third-order valence-corrected chi connectivity index (χ3v) is 3.23. The Morgan fingerprint density at radius 1 is 1.33 bits per heavy atom. The van der Waals surface area contributed by atoms with Crippen LogP contribution in [0.2, 0.25) is 5.02 Å². The Hall–Kier alpha value is -1.06. The third-order valence-electron chi connectivity index (χ3n) is 2.97. The minimum atomic E-state index is -0.913. The van der Waals surface area contributed by atoms with Gasteiger partial charge in [-0.3, -0.25) is 4.79 Å². The quantitative estimate of drug-likeness (QED) is 0.809. The number of aliphatic hydroxyl groups excluding tert-OH is 1. The maximum atomic E-state index is 11.2. The van der Waals surface area contributed by atoms with Crippen molar-refractivity contribution in [3.63, 3.8) is 0 Å². The van der Waals surface area contributed by atoms with Gasteiger partial charge < -0.3 is 10.2 Å². The predicted octanol–water partition coefficient (Wildman–Crippen LogP) is 1.82. The summed E-state index contributed by atoms with van der Waals surface area (Å²) >= 11 is 5.73. The average Bonchev–Trinajstić information content (AvgIpc) is 2.13. The van der Waals surface area contributed by atoms with Crippen LogP contribution < -0.4 is 0 Å². The van der Waals surface area contributed by atoms with Gasteiger partial charge >= 0.3 is 5.97 Å². The first-order valence-corrected chi connectivity index (χ1v) is 5.10. The van der Waals surface area contributed by atoms with Gasteiger partial charge in [-0.2, -0.15) is 0 Å². The smallest absolute Gasteiger partial charge is 0.314 e. The van der Waals surface area contributed by atoms with Gasteiger partial charge in [-0.25, -0.2) is 0 Å². The normalized spacial score (nSPS) is 29.6. The van der Waals surface area contributed by atoms with Crippen molar-refractivity contribution >= 4 is 17.6 Å². The molecule has 15 heavy (non-hydrogen) atoms. The lowest BCUT2D eigenvalue weighted by Gasteiger charge is -2.42. The molecule has 0 spiro atoms. The van der Waals surface area contributed by atoms with Crippen molar-refractivity contribution in [2.24, 2.45) is 0 Å². The molecule has 0 aromatic heterocycles. The van der Waals surface area contributed by atoms with E-state index in [4.69, 9.17) is 11.6 Å². The van der Waals surface area contributed by atoms with E-state index in [1.54, 1.807) is 24.3 Å². The van der Waals surface area contributed by atoms with E-state index in [9.17, 15) is 15.0 Å². The summed E-state index contributed by atoms with van der Waals surface area (Å²) in [6.07, 6.45) is 0.0604. The van der Waals surface area contributed by atoms with Gasteiger partial charge in [0.25, 0.3) is 0 Å². The first kappa shape index (κ1) is 10.5. The fourth-order valence-corrected chi connectivity index (χ4v) is 2.17. The Balaban J connectivity index is 2.34. The summed E-state index contributed by atoms with van der Waals surface area (Å²) in [6, 6.07) is 6.77. The van der Waals surface area contributed by atoms with Gasteiger partial charge in [0.05, 0.1) is 11.5 Å². The van der Waals surface area contributed by atoms with E-state index in [0.29, 0.717) is 10.6 Å². The second kappa shape index (κ2) is 3.51. The van der Waals surface area contributed by atoms with Gasteiger partial charge in [0, 0.05) is 5.02 Å². The first-order chi connectivity index (χ1) is 7.04. The van der Waals surface area contributed by atoms with Crippen LogP contribution in [0.1, 0.15) is 18.4 Å². The molecule has 1 aliphatic rings. The minimum Gasteiger partial charge on any atom is -0.481 e. The summed E-state index contributed by atoms with van der Waals surface area (Å²) in [4.78, 5) is 11.2. The van der Waals surface area contributed by atoms with Crippen molar-refractivity contribution in [1.82, 2.24) is 0 Å². The largest absolute Gasteiger partial charge is 0.481 e. The zero-order valence-electron chi connectivity index (χ0n) is 7.98. The van der Waals surface area contributed by atoms with Crippen LogP contribution in [-0.4, -0.2) is 22.3 Å². The summed E-state index contributed by atoms with van der Waals surface area (Å²) in [5, 5.41) is 19.0. The van der Waals surface area contributed by atoms with Gasteiger partial charge in [-0.05, 0) is 30.5 Å². The molecule has 2 rings (SSSR count). The number of carboxylic acid groups (broad SMARTS) is 1. The van der Waals surface area contributed by atoms with Gasteiger partial charge in [-0.1, -0.05) is 23.7 Å². The molecule has 0 saturated heterocycles. The fourth-order valence-electron chi connectivity index (χ4n) is 2.05. The van der Waals surface area contributed by atoms with E-state index in [-0.39, 0.29) is 12.8 Å². The molecule has 0 heterocycles. The van der Waals surface area contributed by atoms with Crippen molar-refractivity contribution in [1.29, 1.82) is 0 Å². The molecule has 0 aliphatic heterocycles. The van der Waals surface area contributed by atoms with Crippen LogP contribution in [0.25, 0.3) is 0 Å². The van der Waals surface area contributed by atoms with Crippen molar-refractivity contribution in [2.75, 3.05) is 0 Å². The molecule has 0 unspecified atom stereocenters. The highest BCUT2D eigenvalue weighted by Crippen LogP contribution is 2.44. The van der Waals surface area contributed by atoms with Crippen LogP contribution >= 0.6 is 11.6 Å². The Kier molecular flexibility index (Phi) is 2.44. The second-order valence-corrected chi connectivity index (χ2v) is 4.39. The number of carboxylic acids is 1. The highest BCUT2D eigenvalue weighted by molar-refractivity contribution is 6.30. The maximum absolute atomic E-state index is 11.2. The molecular weight excluding hydrogens is 216 g/mol. The van der Waals surface area contributed by atoms with Crippen LogP contribution in [0.5, 0.6) is 0 Å². The number of carbonyl (C=O) groups is 1. The summed E-state index contributed by atoms with van der Waals surface area (Å²) in [7, 11) is 0. The van der Waals surface area contributed by atoms with E-state index in [1.165, 1.54) is 0 Å². The lowest BCUT2D eigenvalue weighted by atomic mass is 9.63. The number of rotatable bonds is 2. The van der Waals surface area contributed by atoms with Crippen LogP contribution in [0.3, 0.4) is 0 Å². The lowest BCUT2D eigenvalue weighted by molar-refractivity contribution is -0.152. The molecule has 1 aliphatic carbocycles. The van der Waals surface area contributed by atoms with Gasteiger partial charge in [0.2, 0.25) is 0 Å². The number of hydrogen-bond donors (Lipinski definition) is 2. The van der Waals surface area contributed by atoms with Crippen LogP contribution in [-0.2, 0) is 10.2 Å². The molecule has 1 aromatic carbocycles. The first-order valence-electron chi connectivity index (χ1n) is 4.72. The van der Waals surface area contributed by atoms with Gasteiger partial charge in [-0.15, -0.1) is 0 Å². The Labute approximate surface area is 92.3 Å². The highest BCUT2D eigenvalue weighted by Gasteiger charge is 2.51. The molecular formula is C11H11ClO3. The Morgan fingerprint density at radius 3 is 2.27 bits per heavy atom. The molecule has 3 nitrogen and oxygen atoms in total. The topological polar surface area (TPSA) is 57.5 Å². The van der Waals surface area contributed by atoms with Gasteiger partial charge in [0.15, 0.2) is 0 Å². The van der Waals surface area contributed by atoms with Crippen LogP contribution in [0.4, 0.5) is 0 Å². The number of aliphatic carboxylic acids is 1. The number of benzene rings is 1. The zero-order valence-corrected chi connectivity index (χ0v) is 8.74.